The molecular weight excluding hydrogens is 448 g/mol. The van der Waals surface area contributed by atoms with Crippen LogP contribution in [0.4, 0.5) is 0 Å². The van der Waals surface area contributed by atoms with Crippen LogP contribution in [-0.2, 0) is 10.2 Å². The molecule has 1 unspecified atom stereocenters. The van der Waals surface area contributed by atoms with Crippen molar-refractivity contribution in [3.63, 3.8) is 0 Å². The molecule has 1 heterocycles. The molecule has 3 aromatic carbocycles. The second kappa shape index (κ2) is 10.1. The highest BCUT2D eigenvalue weighted by atomic mass is 16.5. The van der Waals surface area contributed by atoms with E-state index < -0.39 is 0 Å². The molecule has 1 amide bonds. The molecule has 188 valence electrons. The summed E-state index contributed by atoms with van der Waals surface area (Å²) in [6.45, 7) is 6.65. The monoisotopic (exact) mass is 484 g/mol. The van der Waals surface area contributed by atoms with Crippen molar-refractivity contribution in [3.8, 4) is 5.75 Å². The van der Waals surface area contributed by atoms with E-state index in [2.05, 4.69) is 23.6 Å². The fraction of sp³-hybridized carbons (Fsp3) is 0.387. The van der Waals surface area contributed by atoms with Crippen molar-refractivity contribution in [2.45, 2.75) is 36.8 Å². The quantitative estimate of drug-likeness (QED) is 0.486. The second-order valence-electron chi connectivity index (χ2n) is 10.5. The maximum absolute atomic E-state index is 13.7. The number of methoxy groups -OCH3 is 1. The Hall–Kier alpha value is -3.15. The number of phenols is 1. The van der Waals surface area contributed by atoms with Crippen LogP contribution in [0.25, 0.3) is 10.8 Å². The van der Waals surface area contributed by atoms with Crippen molar-refractivity contribution < 1.29 is 14.6 Å². The molecule has 5 rings (SSSR count). The van der Waals surface area contributed by atoms with Crippen molar-refractivity contribution in [2.24, 2.45) is 5.92 Å². The summed E-state index contributed by atoms with van der Waals surface area (Å²) in [7, 11) is 3.72. The third kappa shape index (κ3) is 4.42. The standard InChI is InChI=1S/C31H36N2O3/c1-4-15-33-16-14-31(25-10-7-11-27(34)18-25)20-26(19-29(36-3)28(31)21-33)32(2)30(35)24-13-12-22-8-5-6-9-23(22)17-24/h4-13,17-18,26,28-29,34H,1,14-16,19-21H2,2-3H3/t26-,28-,29?,31-/m0/s1. The van der Waals surface area contributed by atoms with E-state index in [0.29, 0.717) is 5.56 Å². The fourth-order valence-corrected chi connectivity index (χ4v) is 6.64. The van der Waals surface area contributed by atoms with Crippen LogP contribution in [0.2, 0.25) is 0 Å². The van der Waals surface area contributed by atoms with Crippen molar-refractivity contribution in [3.05, 3.63) is 90.5 Å². The summed E-state index contributed by atoms with van der Waals surface area (Å²) in [4.78, 5) is 18.1. The molecule has 3 aromatic rings. The van der Waals surface area contributed by atoms with Crippen molar-refractivity contribution in [2.75, 3.05) is 33.8 Å². The molecule has 0 spiro atoms. The van der Waals surface area contributed by atoms with Crippen LogP contribution in [0, 0.1) is 5.92 Å². The third-order valence-corrected chi connectivity index (χ3v) is 8.57. The highest BCUT2D eigenvalue weighted by Gasteiger charge is 2.53. The molecule has 1 aliphatic heterocycles. The lowest BCUT2D eigenvalue weighted by Gasteiger charge is -2.56. The molecule has 5 nitrogen and oxygen atoms in total. The predicted molar refractivity (Wildman–Crippen MR) is 144 cm³/mol. The largest absolute Gasteiger partial charge is 0.508 e. The Kier molecular flexibility index (Phi) is 6.87. The molecule has 1 N–H and O–H groups in total. The summed E-state index contributed by atoms with van der Waals surface area (Å²) in [6.07, 6.45) is 4.55. The lowest BCUT2D eigenvalue weighted by atomic mass is 9.56. The zero-order chi connectivity index (χ0) is 25.3. The molecule has 36 heavy (non-hydrogen) atoms. The van der Waals surface area contributed by atoms with E-state index in [1.807, 2.05) is 66.6 Å². The highest BCUT2D eigenvalue weighted by molar-refractivity contribution is 5.98. The number of carbonyl (C=O) groups is 1. The van der Waals surface area contributed by atoms with Gasteiger partial charge in [-0.05, 0) is 66.4 Å². The Balaban J connectivity index is 1.49. The van der Waals surface area contributed by atoms with Gasteiger partial charge in [0.25, 0.3) is 5.91 Å². The first kappa shape index (κ1) is 24.5. The molecule has 1 aliphatic carbocycles. The number of rotatable bonds is 6. The number of amides is 1. The summed E-state index contributed by atoms with van der Waals surface area (Å²) in [5, 5.41) is 12.6. The number of hydrogen-bond acceptors (Lipinski definition) is 4. The fourth-order valence-electron chi connectivity index (χ4n) is 6.64. The van der Waals surface area contributed by atoms with E-state index in [1.54, 1.807) is 13.2 Å². The van der Waals surface area contributed by atoms with Gasteiger partial charge < -0.3 is 14.7 Å². The minimum atomic E-state index is -0.183. The Labute approximate surface area is 214 Å². The topological polar surface area (TPSA) is 53.0 Å². The maximum atomic E-state index is 13.7. The van der Waals surface area contributed by atoms with Gasteiger partial charge in [-0.15, -0.1) is 6.58 Å². The van der Waals surface area contributed by atoms with Crippen LogP contribution in [0.1, 0.15) is 35.2 Å². The summed E-state index contributed by atoms with van der Waals surface area (Å²) >= 11 is 0. The molecule has 0 aromatic heterocycles. The van der Waals surface area contributed by atoms with Gasteiger partial charge in [0.2, 0.25) is 0 Å². The van der Waals surface area contributed by atoms with Gasteiger partial charge >= 0.3 is 0 Å². The molecule has 5 heteroatoms. The van der Waals surface area contributed by atoms with Crippen LogP contribution < -0.4 is 0 Å². The van der Waals surface area contributed by atoms with E-state index in [1.165, 1.54) is 0 Å². The molecule has 0 radical (unpaired) electrons. The minimum absolute atomic E-state index is 0.00516. The van der Waals surface area contributed by atoms with E-state index in [4.69, 9.17) is 4.74 Å². The number of benzene rings is 3. The number of piperidine rings is 1. The van der Waals surface area contributed by atoms with Gasteiger partial charge in [0.15, 0.2) is 0 Å². The van der Waals surface area contributed by atoms with Gasteiger partial charge in [-0.1, -0.05) is 48.5 Å². The number of aromatic hydroxyl groups is 1. The van der Waals surface area contributed by atoms with Gasteiger partial charge in [0, 0.05) is 50.2 Å². The summed E-state index contributed by atoms with van der Waals surface area (Å²) in [5.41, 5.74) is 1.67. The first-order valence-corrected chi connectivity index (χ1v) is 12.9. The van der Waals surface area contributed by atoms with E-state index in [-0.39, 0.29) is 35.1 Å². The molecule has 4 atom stereocenters. The molecule has 1 saturated carbocycles. The third-order valence-electron chi connectivity index (χ3n) is 8.57. The zero-order valence-corrected chi connectivity index (χ0v) is 21.3. The normalized spacial score (nSPS) is 26.3. The van der Waals surface area contributed by atoms with Crippen LogP contribution in [0.5, 0.6) is 5.75 Å². The Morgan fingerprint density at radius 3 is 2.72 bits per heavy atom. The van der Waals surface area contributed by atoms with Crippen molar-refractivity contribution in [1.29, 1.82) is 0 Å². The number of carbonyl (C=O) groups excluding carboxylic acids is 1. The van der Waals surface area contributed by atoms with Gasteiger partial charge in [-0.3, -0.25) is 9.69 Å². The van der Waals surface area contributed by atoms with Crippen molar-refractivity contribution in [1.82, 2.24) is 9.80 Å². The predicted octanol–water partition coefficient (Wildman–Crippen LogP) is 5.24. The van der Waals surface area contributed by atoms with E-state index in [0.717, 1.165) is 55.2 Å². The van der Waals surface area contributed by atoms with E-state index in [9.17, 15) is 9.90 Å². The highest BCUT2D eigenvalue weighted by Crippen LogP contribution is 2.51. The van der Waals surface area contributed by atoms with Gasteiger partial charge in [0.05, 0.1) is 6.10 Å². The first-order valence-electron chi connectivity index (χ1n) is 12.9. The Morgan fingerprint density at radius 2 is 1.97 bits per heavy atom. The van der Waals surface area contributed by atoms with Gasteiger partial charge in [0.1, 0.15) is 5.75 Å². The number of hydrogen-bond donors (Lipinski definition) is 1. The lowest BCUT2D eigenvalue weighted by molar-refractivity contribution is -0.0772. The summed E-state index contributed by atoms with van der Waals surface area (Å²) in [6, 6.07) is 21.8. The van der Waals surface area contributed by atoms with Crippen LogP contribution in [0.15, 0.2) is 79.4 Å². The smallest absolute Gasteiger partial charge is 0.253 e. The van der Waals surface area contributed by atoms with Crippen molar-refractivity contribution >= 4 is 16.7 Å². The Morgan fingerprint density at radius 1 is 1.17 bits per heavy atom. The molecule has 2 fully saturated rings. The lowest BCUT2D eigenvalue weighted by Crippen LogP contribution is -2.61. The van der Waals surface area contributed by atoms with Gasteiger partial charge in [-0.2, -0.15) is 0 Å². The molecule has 0 bridgehead atoms. The summed E-state index contributed by atoms with van der Waals surface area (Å²) < 4.78 is 6.13. The number of phenolic OH excluding ortho intramolecular Hbond substituents is 1. The van der Waals surface area contributed by atoms with E-state index >= 15 is 0 Å². The number of ether oxygens (including phenoxy) is 1. The number of nitrogens with zero attached hydrogens (tertiary/aromatic N) is 2. The number of fused-ring (bicyclic) bond motifs is 2. The maximum Gasteiger partial charge on any atom is 0.253 e. The average Bonchev–Trinajstić information content (AvgIpc) is 2.91. The van der Waals surface area contributed by atoms with Crippen LogP contribution in [0.3, 0.4) is 0 Å². The molecule has 2 aliphatic rings. The number of likely N-dealkylation sites (tertiary alicyclic amines) is 1. The van der Waals surface area contributed by atoms with Crippen LogP contribution in [-0.4, -0.2) is 66.8 Å². The SMILES string of the molecule is C=CCN1CC[C@@]2(c3cccc(O)c3)C[C@@H](N(C)C(=O)c3ccc4ccccc4c3)CC(OC)[C@@H]2C1. The zero-order valence-electron chi connectivity index (χ0n) is 21.3. The molecular formula is C31H36N2O3. The second-order valence-corrected chi connectivity index (χ2v) is 10.5. The summed E-state index contributed by atoms with van der Waals surface area (Å²) in [5.74, 6) is 0.582. The Bertz CT molecular complexity index is 1260. The van der Waals surface area contributed by atoms with Gasteiger partial charge in [-0.25, -0.2) is 0 Å². The average molecular weight is 485 g/mol. The minimum Gasteiger partial charge on any atom is -0.508 e. The molecule has 1 saturated heterocycles. The van der Waals surface area contributed by atoms with Crippen LogP contribution >= 0.6 is 0 Å². The first-order chi connectivity index (χ1) is 17.4.